The Morgan fingerprint density at radius 3 is 2.12 bits per heavy atom. The monoisotopic (exact) mass is 352 g/mol. The van der Waals surface area contributed by atoms with Crippen molar-refractivity contribution in [3.8, 4) is 0 Å². The minimum atomic E-state index is -4.45. The van der Waals surface area contributed by atoms with Crippen LogP contribution >= 0.6 is 0 Å². The molecule has 132 valence electrons. The maximum atomic E-state index is 14.1. The Labute approximate surface area is 142 Å². The van der Waals surface area contributed by atoms with Gasteiger partial charge in [-0.25, -0.2) is 4.79 Å². The van der Waals surface area contributed by atoms with Crippen LogP contribution in [0.4, 0.5) is 17.6 Å². The summed E-state index contributed by atoms with van der Waals surface area (Å²) in [5.41, 5.74) is 0.276. The second kappa shape index (κ2) is 7.96. The molecule has 0 fully saturated rings. The molecular weight excluding hydrogens is 336 g/mol. The molecule has 0 heterocycles. The molecule has 0 saturated carbocycles. The molecule has 25 heavy (non-hydrogen) atoms. The molecule has 2 rings (SSSR count). The predicted molar refractivity (Wildman–Crippen MR) is 85.6 cm³/mol. The highest BCUT2D eigenvalue weighted by atomic mass is 19.4. The molecule has 0 amide bonds. The van der Waals surface area contributed by atoms with Gasteiger partial charge in [-0.05, 0) is 36.3 Å². The van der Waals surface area contributed by atoms with Gasteiger partial charge in [0.15, 0.2) is 0 Å². The summed E-state index contributed by atoms with van der Waals surface area (Å²) in [5, 5.41) is 0. The summed E-state index contributed by atoms with van der Waals surface area (Å²) < 4.78 is 56.8. The lowest BCUT2D eigenvalue weighted by atomic mass is 9.90. The van der Waals surface area contributed by atoms with E-state index in [1.54, 1.807) is 37.3 Å². The minimum Gasteiger partial charge on any atom is -0.461 e. The normalized spacial score (nSPS) is 13.4. The number of halogens is 4. The number of rotatable bonds is 5. The summed E-state index contributed by atoms with van der Waals surface area (Å²) in [6.07, 6.45) is -3.40. The third kappa shape index (κ3) is 4.92. The van der Waals surface area contributed by atoms with Crippen LogP contribution in [-0.2, 0) is 15.7 Å². The molecule has 0 unspecified atom stereocenters. The van der Waals surface area contributed by atoms with Crippen LogP contribution in [0.25, 0.3) is 0 Å². The highest BCUT2D eigenvalue weighted by Gasteiger charge is 2.30. The first kappa shape index (κ1) is 18.7. The van der Waals surface area contributed by atoms with Crippen LogP contribution in [0.15, 0.2) is 66.5 Å². The number of ether oxygens (including phenoxy) is 1. The number of hydrogen-bond donors (Lipinski definition) is 0. The molecule has 0 saturated heterocycles. The van der Waals surface area contributed by atoms with Crippen molar-refractivity contribution in [2.75, 3.05) is 6.61 Å². The van der Waals surface area contributed by atoms with Crippen LogP contribution in [-0.4, -0.2) is 12.6 Å². The van der Waals surface area contributed by atoms with Gasteiger partial charge in [0, 0.05) is 5.92 Å². The standard InChI is InChI=1S/C19H16F4O2/c1-2-25-18(24)17(20)12-16(13-6-4-3-5-7-13)14-8-10-15(11-9-14)19(21,22)23/h3-12,16H,2H2,1H3/b17-12-/t16-/m0/s1. The Hall–Kier alpha value is -2.63. The van der Waals surface area contributed by atoms with E-state index in [0.717, 1.165) is 18.2 Å². The molecule has 2 nitrogen and oxygen atoms in total. The molecule has 0 bridgehead atoms. The molecule has 2 aromatic rings. The zero-order chi connectivity index (χ0) is 18.4. The molecule has 0 N–H and O–H groups in total. The SMILES string of the molecule is CCOC(=O)/C(F)=C/[C@@H](c1ccccc1)c1ccc(C(F)(F)F)cc1. The largest absolute Gasteiger partial charge is 0.461 e. The Morgan fingerprint density at radius 1 is 1.04 bits per heavy atom. The lowest BCUT2D eigenvalue weighted by Crippen LogP contribution is -2.08. The van der Waals surface area contributed by atoms with E-state index < -0.39 is 29.5 Å². The summed E-state index contributed by atoms with van der Waals surface area (Å²) in [6, 6.07) is 13.0. The summed E-state index contributed by atoms with van der Waals surface area (Å²) in [4.78, 5) is 11.5. The van der Waals surface area contributed by atoms with Crippen LogP contribution in [0.5, 0.6) is 0 Å². The van der Waals surface area contributed by atoms with Gasteiger partial charge >= 0.3 is 12.1 Å². The van der Waals surface area contributed by atoms with Gasteiger partial charge in [-0.3, -0.25) is 0 Å². The Bertz CT molecular complexity index is 734. The third-order valence-electron chi connectivity index (χ3n) is 3.54. The van der Waals surface area contributed by atoms with Gasteiger partial charge in [0.05, 0.1) is 12.2 Å². The maximum absolute atomic E-state index is 14.1. The first-order valence-electron chi connectivity index (χ1n) is 7.59. The van der Waals surface area contributed by atoms with Crippen molar-refractivity contribution < 1.29 is 27.1 Å². The summed E-state index contributed by atoms with van der Waals surface area (Å²) >= 11 is 0. The van der Waals surface area contributed by atoms with Crippen LogP contribution < -0.4 is 0 Å². The van der Waals surface area contributed by atoms with E-state index >= 15 is 0 Å². The van der Waals surface area contributed by atoms with Gasteiger partial charge in [-0.2, -0.15) is 17.6 Å². The van der Waals surface area contributed by atoms with Crippen LogP contribution in [0, 0.1) is 0 Å². The molecular formula is C19H16F4O2. The highest BCUT2D eigenvalue weighted by Crippen LogP contribution is 2.32. The Morgan fingerprint density at radius 2 is 1.60 bits per heavy atom. The first-order valence-corrected chi connectivity index (χ1v) is 7.59. The van der Waals surface area contributed by atoms with Crippen LogP contribution in [0.3, 0.4) is 0 Å². The minimum absolute atomic E-state index is 0.0242. The number of alkyl halides is 3. The number of allylic oxidation sites excluding steroid dienone is 1. The van der Waals surface area contributed by atoms with Crippen molar-refractivity contribution in [2.45, 2.75) is 19.0 Å². The van der Waals surface area contributed by atoms with Crippen LogP contribution in [0.1, 0.15) is 29.5 Å². The van der Waals surface area contributed by atoms with Crippen molar-refractivity contribution in [1.29, 1.82) is 0 Å². The van der Waals surface area contributed by atoms with E-state index in [1.807, 2.05) is 0 Å². The molecule has 0 radical (unpaired) electrons. The molecule has 0 aliphatic heterocycles. The zero-order valence-corrected chi connectivity index (χ0v) is 13.4. The van der Waals surface area contributed by atoms with Gasteiger partial charge in [0.2, 0.25) is 5.83 Å². The van der Waals surface area contributed by atoms with E-state index in [1.165, 1.54) is 12.1 Å². The average molecular weight is 352 g/mol. The Kier molecular flexibility index (Phi) is 5.96. The molecule has 6 heteroatoms. The molecule has 0 aromatic heterocycles. The number of carbonyl (C=O) groups excluding carboxylic acids is 1. The lowest BCUT2D eigenvalue weighted by Gasteiger charge is -2.15. The van der Waals surface area contributed by atoms with Crippen molar-refractivity contribution in [3.05, 3.63) is 83.2 Å². The third-order valence-corrected chi connectivity index (χ3v) is 3.54. The van der Waals surface area contributed by atoms with E-state index in [0.29, 0.717) is 11.1 Å². The fraction of sp³-hybridized carbons (Fsp3) is 0.211. The number of benzene rings is 2. The summed E-state index contributed by atoms with van der Waals surface area (Å²) in [5.74, 6) is -2.90. The van der Waals surface area contributed by atoms with Crippen LogP contribution in [0.2, 0.25) is 0 Å². The number of carbonyl (C=O) groups is 1. The highest BCUT2D eigenvalue weighted by molar-refractivity contribution is 5.86. The van der Waals surface area contributed by atoms with Gasteiger partial charge in [0.1, 0.15) is 0 Å². The van der Waals surface area contributed by atoms with Gasteiger partial charge in [0.25, 0.3) is 0 Å². The maximum Gasteiger partial charge on any atom is 0.416 e. The average Bonchev–Trinajstić information content (AvgIpc) is 2.60. The second-order valence-electron chi connectivity index (χ2n) is 5.24. The van der Waals surface area contributed by atoms with Gasteiger partial charge in [-0.1, -0.05) is 42.5 Å². The second-order valence-corrected chi connectivity index (χ2v) is 5.24. The van der Waals surface area contributed by atoms with Crippen molar-refractivity contribution >= 4 is 5.97 Å². The predicted octanol–water partition coefficient (Wildman–Crippen LogP) is 5.25. The fourth-order valence-electron chi connectivity index (χ4n) is 2.34. The van der Waals surface area contributed by atoms with E-state index in [4.69, 9.17) is 0 Å². The quantitative estimate of drug-likeness (QED) is 0.417. The zero-order valence-electron chi connectivity index (χ0n) is 13.4. The topological polar surface area (TPSA) is 26.3 Å². The van der Waals surface area contributed by atoms with Crippen molar-refractivity contribution in [2.24, 2.45) is 0 Å². The number of esters is 1. The van der Waals surface area contributed by atoms with E-state index in [-0.39, 0.29) is 6.61 Å². The van der Waals surface area contributed by atoms with Gasteiger partial charge in [-0.15, -0.1) is 0 Å². The first-order chi connectivity index (χ1) is 11.8. The fourth-order valence-corrected chi connectivity index (χ4v) is 2.34. The molecule has 0 aliphatic carbocycles. The molecule has 0 aliphatic rings. The van der Waals surface area contributed by atoms with Gasteiger partial charge < -0.3 is 4.74 Å². The molecule has 1 atom stereocenters. The molecule has 2 aromatic carbocycles. The lowest BCUT2D eigenvalue weighted by molar-refractivity contribution is -0.140. The van der Waals surface area contributed by atoms with E-state index in [9.17, 15) is 22.4 Å². The summed E-state index contributed by atoms with van der Waals surface area (Å²) in [7, 11) is 0. The smallest absolute Gasteiger partial charge is 0.416 e. The van der Waals surface area contributed by atoms with Crippen molar-refractivity contribution in [3.63, 3.8) is 0 Å². The summed E-state index contributed by atoms with van der Waals surface area (Å²) in [6.45, 7) is 1.58. The Balaban J connectivity index is 2.42. The van der Waals surface area contributed by atoms with Crippen molar-refractivity contribution in [1.82, 2.24) is 0 Å². The molecule has 0 spiro atoms. The number of hydrogen-bond acceptors (Lipinski definition) is 2. The van der Waals surface area contributed by atoms with E-state index in [2.05, 4.69) is 4.74 Å².